The maximum Gasteiger partial charge on any atom is 0.223 e. The third-order valence-corrected chi connectivity index (χ3v) is 3.16. The second-order valence-corrected chi connectivity index (χ2v) is 4.28. The van der Waals surface area contributed by atoms with Crippen LogP contribution in [0, 0.1) is 0 Å². The topological polar surface area (TPSA) is 46.3 Å². The number of nitrogens with zero attached hydrogens (tertiary/aromatic N) is 1. The second kappa shape index (κ2) is 3.28. The molecule has 74 valence electrons. The van der Waals surface area contributed by atoms with Crippen LogP contribution in [0.25, 0.3) is 0 Å². The van der Waals surface area contributed by atoms with Crippen molar-refractivity contribution in [2.24, 2.45) is 0 Å². The molecule has 4 heteroatoms. The molecule has 1 aliphatic rings. The van der Waals surface area contributed by atoms with E-state index in [2.05, 4.69) is 15.9 Å². The zero-order valence-corrected chi connectivity index (χ0v) is 9.47. The highest BCUT2D eigenvalue weighted by atomic mass is 79.9. The number of carbonyl (C=O) groups is 1. The standard InChI is InChI=1S/C10H11BrN2O/c1-6(14)13-3-2-7-4-9(12)8(11)5-10(7)13/h4-5H,2-3,12H2,1H3. The van der Waals surface area contributed by atoms with E-state index in [4.69, 9.17) is 5.73 Å². The Bertz CT molecular complexity index is 403. The van der Waals surface area contributed by atoms with Crippen molar-refractivity contribution >= 4 is 33.2 Å². The van der Waals surface area contributed by atoms with Gasteiger partial charge in [-0.2, -0.15) is 0 Å². The van der Waals surface area contributed by atoms with Gasteiger partial charge in [-0.25, -0.2) is 0 Å². The summed E-state index contributed by atoms with van der Waals surface area (Å²) in [4.78, 5) is 13.1. The van der Waals surface area contributed by atoms with Crippen LogP contribution in [0.2, 0.25) is 0 Å². The third kappa shape index (κ3) is 1.39. The molecule has 2 rings (SSSR count). The van der Waals surface area contributed by atoms with Crippen LogP contribution in [0.3, 0.4) is 0 Å². The van der Waals surface area contributed by atoms with Gasteiger partial charge in [-0.3, -0.25) is 4.79 Å². The predicted molar refractivity (Wildman–Crippen MR) is 60.3 cm³/mol. The molecule has 1 aromatic carbocycles. The Morgan fingerprint density at radius 1 is 1.57 bits per heavy atom. The summed E-state index contributed by atoms with van der Waals surface area (Å²) in [5.74, 6) is 0.0837. The average molecular weight is 255 g/mol. The summed E-state index contributed by atoms with van der Waals surface area (Å²) < 4.78 is 0.851. The summed E-state index contributed by atoms with van der Waals surface area (Å²) in [5, 5.41) is 0. The van der Waals surface area contributed by atoms with Crippen LogP contribution in [-0.4, -0.2) is 12.5 Å². The van der Waals surface area contributed by atoms with Gasteiger partial charge in [-0.05, 0) is 40.0 Å². The van der Waals surface area contributed by atoms with E-state index in [1.807, 2.05) is 12.1 Å². The lowest BCUT2D eigenvalue weighted by atomic mass is 10.1. The Morgan fingerprint density at radius 2 is 2.29 bits per heavy atom. The van der Waals surface area contributed by atoms with Crippen LogP contribution >= 0.6 is 15.9 Å². The van der Waals surface area contributed by atoms with Gasteiger partial charge in [0.1, 0.15) is 0 Å². The lowest BCUT2D eigenvalue weighted by molar-refractivity contribution is -0.116. The number of nitrogen functional groups attached to an aromatic ring is 1. The number of amides is 1. The molecule has 2 N–H and O–H groups in total. The van der Waals surface area contributed by atoms with Gasteiger partial charge in [0, 0.05) is 29.3 Å². The lowest BCUT2D eigenvalue weighted by Gasteiger charge is -2.15. The Hall–Kier alpha value is -1.03. The minimum atomic E-state index is 0.0837. The maximum absolute atomic E-state index is 11.3. The number of halogens is 1. The molecule has 1 aromatic rings. The van der Waals surface area contributed by atoms with Crippen LogP contribution in [0.4, 0.5) is 11.4 Å². The lowest BCUT2D eigenvalue weighted by Crippen LogP contribution is -2.25. The van der Waals surface area contributed by atoms with Crippen molar-refractivity contribution < 1.29 is 4.79 Å². The fraction of sp³-hybridized carbons (Fsp3) is 0.300. The first-order chi connectivity index (χ1) is 6.59. The Balaban J connectivity index is 2.50. The molecule has 14 heavy (non-hydrogen) atoms. The summed E-state index contributed by atoms with van der Waals surface area (Å²) in [7, 11) is 0. The fourth-order valence-corrected chi connectivity index (χ4v) is 2.09. The summed E-state index contributed by atoms with van der Waals surface area (Å²) in [6, 6.07) is 3.85. The quantitative estimate of drug-likeness (QED) is 0.720. The largest absolute Gasteiger partial charge is 0.398 e. The first-order valence-corrected chi connectivity index (χ1v) is 5.25. The molecular weight excluding hydrogens is 244 g/mol. The molecule has 0 aromatic heterocycles. The van der Waals surface area contributed by atoms with Crippen LogP contribution in [0.1, 0.15) is 12.5 Å². The number of carbonyl (C=O) groups excluding carboxylic acids is 1. The van der Waals surface area contributed by atoms with E-state index in [1.165, 1.54) is 0 Å². The molecule has 3 nitrogen and oxygen atoms in total. The van der Waals surface area contributed by atoms with Gasteiger partial charge in [0.05, 0.1) is 0 Å². The summed E-state index contributed by atoms with van der Waals surface area (Å²) in [6.07, 6.45) is 0.895. The molecule has 1 heterocycles. The molecule has 0 unspecified atom stereocenters. The van der Waals surface area contributed by atoms with E-state index in [1.54, 1.807) is 11.8 Å². The van der Waals surface area contributed by atoms with E-state index >= 15 is 0 Å². The minimum absolute atomic E-state index is 0.0837. The van der Waals surface area contributed by atoms with E-state index in [-0.39, 0.29) is 5.91 Å². The normalized spacial score (nSPS) is 14.3. The summed E-state index contributed by atoms with van der Waals surface area (Å²) >= 11 is 3.36. The van der Waals surface area contributed by atoms with Gasteiger partial charge in [0.2, 0.25) is 5.91 Å². The molecule has 1 amide bonds. The number of anilines is 2. The number of rotatable bonds is 0. The van der Waals surface area contributed by atoms with Crippen molar-refractivity contribution in [1.82, 2.24) is 0 Å². The van der Waals surface area contributed by atoms with Crippen molar-refractivity contribution in [1.29, 1.82) is 0 Å². The molecule has 0 bridgehead atoms. The Morgan fingerprint density at radius 3 is 2.93 bits per heavy atom. The summed E-state index contributed by atoms with van der Waals surface area (Å²) in [6.45, 7) is 2.35. The van der Waals surface area contributed by atoms with Crippen LogP contribution < -0.4 is 10.6 Å². The maximum atomic E-state index is 11.3. The number of hydrogen-bond donors (Lipinski definition) is 1. The van der Waals surface area contributed by atoms with Crippen molar-refractivity contribution in [3.63, 3.8) is 0 Å². The SMILES string of the molecule is CC(=O)N1CCc2cc(N)c(Br)cc21. The average Bonchev–Trinajstić information content (AvgIpc) is 2.48. The van der Waals surface area contributed by atoms with E-state index in [0.29, 0.717) is 0 Å². The molecule has 0 saturated heterocycles. The van der Waals surface area contributed by atoms with E-state index in [9.17, 15) is 4.79 Å². The monoisotopic (exact) mass is 254 g/mol. The second-order valence-electron chi connectivity index (χ2n) is 3.42. The zero-order chi connectivity index (χ0) is 10.3. The minimum Gasteiger partial charge on any atom is -0.398 e. The number of fused-ring (bicyclic) bond motifs is 1. The van der Waals surface area contributed by atoms with Crippen LogP contribution in [0.15, 0.2) is 16.6 Å². The first kappa shape index (κ1) is 9.52. The number of hydrogen-bond acceptors (Lipinski definition) is 2. The number of nitrogens with two attached hydrogens (primary N) is 1. The highest BCUT2D eigenvalue weighted by molar-refractivity contribution is 9.10. The molecule has 0 aliphatic carbocycles. The third-order valence-electron chi connectivity index (χ3n) is 2.47. The van der Waals surface area contributed by atoms with E-state index in [0.717, 1.165) is 34.4 Å². The molecule has 0 saturated carbocycles. The van der Waals surface area contributed by atoms with Gasteiger partial charge in [0.25, 0.3) is 0 Å². The van der Waals surface area contributed by atoms with Gasteiger partial charge < -0.3 is 10.6 Å². The smallest absolute Gasteiger partial charge is 0.223 e. The molecule has 0 atom stereocenters. The van der Waals surface area contributed by atoms with Gasteiger partial charge in [0.15, 0.2) is 0 Å². The fourth-order valence-electron chi connectivity index (χ4n) is 1.76. The molecule has 0 radical (unpaired) electrons. The van der Waals surface area contributed by atoms with Gasteiger partial charge in [-0.1, -0.05) is 0 Å². The van der Waals surface area contributed by atoms with Crippen molar-refractivity contribution in [3.8, 4) is 0 Å². The van der Waals surface area contributed by atoms with Crippen LogP contribution in [0.5, 0.6) is 0 Å². The molecule has 0 spiro atoms. The Labute approximate surface area is 91.0 Å². The van der Waals surface area contributed by atoms with Crippen molar-refractivity contribution in [2.45, 2.75) is 13.3 Å². The van der Waals surface area contributed by atoms with E-state index < -0.39 is 0 Å². The predicted octanol–water partition coefficient (Wildman–Crippen LogP) is 1.94. The van der Waals surface area contributed by atoms with Crippen molar-refractivity contribution in [2.75, 3.05) is 17.2 Å². The summed E-state index contributed by atoms with van der Waals surface area (Å²) in [5.41, 5.74) is 8.63. The molecular formula is C10H11BrN2O. The highest BCUT2D eigenvalue weighted by Gasteiger charge is 2.22. The van der Waals surface area contributed by atoms with Crippen molar-refractivity contribution in [3.05, 3.63) is 22.2 Å². The first-order valence-electron chi connectivity index (χ1n) is 4.45. The number of benzene rings is 1. The van der Waals surface area contributed by atoms with Gasteiger partial charge in [-0.15, -0.1) is 0 Å². The van der Waals surface area contributed by atoms with Crippen LogP contribution in [-0.2, 0) is 11.2 Å². The van der Waals surface area contributed by atoms with Gasteiger partial charge >= 0.3 is 0 Å². The molecule has 0 fully saturated rings. The molecule has 1 aliphatic heterocycles. The highest BCUT2D eigenvalue weighted by Crippen LogP contribution is 2.34. The zero-order valence-electron chi connectivity index (χ0n) is 7.88. The Kier molecular flexibility index (Phi) is 2.23.